The van der Waals surface area contributed by atoms with Crippen LogP contribution in [0.5, 0.6) is 5.75 Å². The zero-order valence-corrected chi connectivity index (χ0v) is 41.4. The highest BCUT2D eigenvalue weighted by Crippen LogP contribution is 2.19. The zero-order chi connectivity index (χ0) is 52.9. The Hall–Kier alpha value is -7.02. The Kier molecular flexibility index (Phi) is 26.4. The van der Waals surface area contributed by atoms with Crippen LogP contribution in [-0.4, -0.2) is 148 Å². The fraction of sp³-hybridized carbons (Fsp3) is 0.542. The number of benzene rings is 2. The summed E-state index contributed by atoms with van der Waals surface area (Å²) >= 11 is 0. The summed E-state index contributed by atoms with van der Waals surface area (Å²) in [6.45, 7) is 11.1. The van der Waals surface area contributed by atoms with Crippen LogP contribution in [0.4, 0.5) is 21.0 Å². The molecule has 396 valence electrons. The third-order valence-corrected chi connectivity index (χ3v) is 9.93. The molecule has 1 aliphatic heterocycles. The number of unbranched alkanes of at least 4 members (excludes halogenated alkanes) is 1. The van der Waals surface area contributed by atoms with Crippen molar-refractivity contribution < 1.29 is 76.4 Å². The van der Waals surface area contributed by atoms with Crippen molar-refractivity contribution in [2.45, 2.75) is 91.0 Å². The van der Waals surface area contributed by atoms with Crippen LogP contribution >= 0.6 is 0 Å². The van der Waals surface area contributed by atoms with Crippen LogP contribution in [0.25, 0.3) is 0 Å². The van der Waals surface area contributed by atoms with Crippen LogP contribution in [0.2, 0.25) is 0 Å². The van der Waals surface area contributed by atoms with Crippen LogP contribution in [0.1, 0.15) is 72.3 Å². The van der Waals surface area contributed by atoms with Crippen molar-refractivity contribution in [3.05, 3.63) is 76.4 Å². The molecule has 0 aromatic heterocycles. The van der Waals surface area contributed by atoms with Gasteiger partial charge in [0, 0.05) is 62.4 Å². The first-order chi connectivity index (χ1) is 34.3. The van der Waals surface area contributed by atoms with E-state index < -0.39 is 64.4 Å². The molecule has 0 fully saturated rings. The van der Waals surface area contributed by atoms with Gasteiger partial charge in [-0.3, -0.25) is 43.8 Å². The zero-order valence-electron chi connectivity index (χ0n) is 41.4. The molecule has 0 unspecified atom stereocenters. The standard InChI is InChI=1S/C48H67N7O17/c1-33(2)43(53-40(57)20-24-66-26-28-68-30-31-69-29-27-67-25-22-49-39(56)19-23-54-41(58)17-18-42(54)59)45(61)52-38(8-6-7-21-50-46(62)72-48(3,4)5)44(60)51-35-11-9-34(10-12-35)32-70-47(63)71-37-15-13-36(14-16-37)55(64)65/h9-18,33,38,43H,6-8,19-32H2,1-5H3,(H,49,56)(H,50,62)(H,51,60)(H,52,61)(H,53,57)/t38-,43-/m0/s1. The normalized spacial score (nSPS) is 13.0. The lowest BCUT2D eigenvalue weighted by Crippen LogP contribution is -2.54. The van der Waals surface area contributed by atoms with Gasteiger partial charge in [-0.1, -0.05) is 26.0 Å². The molecule has 0 saturated carbocycles. The summed E-state index contributed by atoms with van der Waals surface area (Å²) in [5.74, 6) is -3.02. The van der Waals surface area contributed by atoms with E-state index in [0.29, 0.717) is 50.5 Å². The Morgan fingerprint density at radius 1 is 0.694 bits per heavy atom. The second kappa shape index (κ2) is 32.1. The van der Waals surface area contributed by atoms with Gasteiger partial charge in [0.05, 0.1) is 57.8 Å². The van der Waals surface area contributed by atoms with Crippen molar-refractivity contribution >= 4 is 59.1 Å². The Bertz CT molecular complexity index is 2110. The number of hydrogen-bond donors (Lipinski definition) is 5. The van der Waals surface area contributed by atoms with E-state index in [1.807, 2.05) is 0 Å². The molecule has 24 heteroatoms. The number of alkyl carbamates (subject to hydrolysis) is 1. The smallest absolute Gasteiger partial charge is 0.444 e. The lowest BCUT2D eigenvalue weighted by atomic mass is 10.0. The monoisotopic (exact) mass is 1010 g/mol. The number of anilines is 1. The van der Waals surface area contributed by atoms with Gasteiger partial charge in [-0.05, 0) is 75.8 Å². The summed E-state index contributed by atoms with van der Waals surface area (Å²) in [4.78, 5) is 111. The molecule has 2 aromatic rings. The number of ether oxygens (including phenoxy) is 7. The lowest BCUT2D eigenvalue weighted by molar-refractivity contribution is -0.384. The highest BCUT2D eigenvalue weighted by atomic mass is 16.7. The van der Waals surface area contributed by atoms with Crippen molar-refractivity contribution in [2.24, 2.45) is 5.92 Å². The fourth-order valence-corrected chi connectivity index (χ4v) is 6.25. The first-order valence-electron chi connectivity index (χ1n) is 23.5. The van der Waals surface area contributed by atoms with Crippen molar-refractivity contribution in [3.8, 4) is 5.75 Å². The quantitative estimate of drug-likeness (QED) is 0.0171. The van der Waals surface area contributed by atoms with Crippen molar-refractivity contribution in [1.82, 2.24) is 26.2 Å². The highest BCUT2D eigenvalue weighted by Gasteiger charge is 2.29. The molecule has 5 N–H and O–H groups in total. The number of rotatable bonds is 33. The number of non-ortho nitro benzene ring substituents is 1. The predicted molar refractivity (Wildman–Crippen MR) is 257 cm³/mol. The van der Waals surface area contributed by atoms with E-state index in [4.69, 9.17) is 33.2 Å². The minimum Gasteiger partial charge on any atom is -0.444 e. The fourth-order valence-electron chi connectivity index (χ4n) is 6.25. The van der Waals surface area contributed by atoms with E-state index in [1.165, 1.54) is 36.4 Å². The minimum absolute atomic E-state index is 0.0000572. The predicted octanol–water partition coefficient (Wildman–Crippen LogP) is 3.46. The number of nitrogens with one attached hydrogen (secondary N) is 5. The molecule has 2 atom stereocenters. The Morgan fingerprint density at radius 2 is 1.29 bits per heavy atom. The Morgan fingerprint density at radius 3 is 1.88 bits per heavy atom. The van der Waals surface area contributed by atoms with Gasteiger partial charge in [0.25, 0.3) is 17.5 Å². The number of nitro groups is 1. The van der Waals surface area contributed by atoms with Gasteiger partial charge in [-0.25, -0.2) is 9.59 Å². The summed E-state index contributed by atoms with van der Waals surface area (Å²) in [6, 6.07) is 9.23. The second-order valence-electron chi connectivity index (χ2n) is 17.3. The molecular weight excluding hydrogens is 947 g/mol. The molecule has 0 bridgehead atoms. The number of hydrogen-bond acceptors (Lipinski definition) is 17. The molecule has 0 saturated heterocycles. The molecular formula is C48H67N7O17. The molecule has 3 rings (SSSR count). The Labute approximate surface area is 417 Å². The maximum Gasteiger partial charge on any atom is 0.514 e. The van der Waals surface area contributed by atoms with E-state index in [1.54, 1.807) is 58.9 Å². The third kappa shape index (κ3) is 24.7. The molecule has 0 spiro atoms. The van der Waals surface area contributed by atoms with Gasteiger partial charge in [0.2, 0.25) is 23.6 Å². The second-order valence-corrected chi connectivity index (χ2v) is 17.3. The van der Waals surface area contributed by atoms with Crippen LogP contribution in [-0.2, 0) is 63.8 Å². The summed E-state index contributed by atoms with van der Waals surface area (Å²) in [7, 11) is 0. The molecule has 1 heterocycles. The summed E-state index contributed by atoms with van der Waals surface area (Å²) in [5, 5.41) is 24.5. The first kappa shape index (κ1) is 59.3. The number of amides is 7. The molecule has 7 amide bonds. The maximum absolute atomic E-state index is 13.7. The van der Waals surface area contributed by atoms with E-state index in [0.717, 1.165) is 4.90 Å². The number of carbonyl (C=O) groups excluding carboxylic acids is 8. The summed E-state index contributed by atoms with van der Waals surface area (Å²) in [6.07, 6.45) is 1.74. The van der Waals surface area contributed by atoms with Gasteiger partial charge < -0.3 is 59.7 Å². The van der Waals surface area contributed by atoms with E-state index >= 15 is 0 Å². The summed E-state index contributed by atoms with van der Waals surface area (Å²) in [5.41, 5.74) is 0.0838. The first-order valence-corrected chi connectivity index (χ1v) is 23.5. The van der Waals surface area contributed by atoms with Crippen molar-refractivity contribution in [2.75, 3.05) is 77.8 Å². The highest BCUT2D eigenvalue weighted by molar-refractivity contribution is 6.13. The van der Waals surface area contributed by atoms with E-state index in [2.05, 4.69) is 26.6 Å². The average molecular weight is 1010 g/mol. The Balaban J connectivity index is 1.36. The lowest BCUT2D eigenvalue weighted by Gasteiger charge is -2.25. The molecule has 0 radical (unpaired) electrons. The molecule has 0 aliphatic carbocycles. The van der Waals surface area contributed by atoms with Gasteiger partial charge >= 0.3 is 12.2 Å². The minimum atomic E-state index is -1.04. The molecule has 24 nitrogen and oxygen atoms in total. The van der Waals surface area contributed by atoms with Crippen LogP contribution in [0.15, 0.2) is 60.7 Å². The van der Waals surface area contributed by atoms with Crippen LogP contribution in [0.3, 0.4) is 0 Å². The van der Waals surface area contributed by atoms with Crippen LogP contribution in [0, 0.1) is 16.0 Å². The molecule has 72 heavy (non-hydrogen) atoms. The number of nitrogens with zero attached hydrogens (tertiary/aromatic N) is 2. The van der Waals surface area contributed by atoms with E-state index in [9.17, 15) is 48.5 Å². The number of imide groups is 1. The SMILES string of the molecule is CC(C)[C@H](NC(=O)CCOCCOCCOCCOCCNC(=O)CCN1C(=O)C=CC1=O)C(=O)N[C@@H](CCCCNC(=O)OC(C)(C)C)C(=O)Nc1ccc(COC(=O)Oc2ccc([N+](=O)[O-])cc2)cc1. The topological polar surface area (TPSA) is 308 Å². The molecule has 2 aromatic carbocycles. The molecule has 1 aliphatic rings. The summed E-state index contributed by atoms with van der Waals surface area (Å²) < 4.78 is 37.3. The van der Waals surface area contributed by atoms with Gasteiger partial charge in [-0.15, -0.1) is 0 Å². The van der Waals surface area contributed by atoms with Gasteiger partial charge in [0.1, 0.15) is 30.0 Å². The van der Waals surface area contributed by atoms with Crippen molar-refractivity contribution in [3.63, 3.8) is 0 Å². The number of nitro benzene ring substituents is 1. The average Bonchev–Trinajstić information content (AvgIpc) is 3.65. The van der Waals surface area contributed by atoms with Crippen molar-refractivity contribution in [1.29, 1.82) is 0 Å². The van der Waals surface area contributed by atoms with Gasteiger partial charge in [0.15, 0.2) is 0 Å². The maximum atomic E-state index is 13.7. The third-order valence-electron chi connectivity index (χ3n) is 9.93. The largest absolute Gasteiger partial charge is 0.514 e. The van der Waals surface area contributed by atoms with E-state index in [-0.39, 0.29) is 95.2 Å². The number of carbonyl (C=O) groups is 8. The van der Waals surface area contributed by atoms with Crippen LogP contribution < -0.4 is 31.3 Å². The van der Waals surface area contributed by atoms with Gasteiger partial charge in [-0.2, -0.15) is 0 Å².